The van der Waals surface area contributed by atoms with Crippen molar-refractivity contribution >= 4 is 17.6 Å². The molecule has 1 aromatic heterocycles. The van der Waals surface area contributed by atoms with Crippen LogP contribution in [0.25, 0.3) is 0 Å². The standard InChI is InChI=1S/C12H13N3O2/c1-7-6-17-12(14-7)15-11(16)9-4-3-5-10(13)8(9)2/h3-6H,13H2,1-2H3,(H,14,15,16). The monoisotopic (exact) mass is 231 g/mol. The fraction of sp³-hybridized carbons (Fsp3) is 0.167. The van der Waals surface area contributed by atoms with E-state index < -0.39 is 0 Å². The molecule has 0 saturated carbocycles. The number of nitrogens with two attached hydrogens (primary N) is 1. The Morgan fingerprint density at radius 3 is 2.82 bits per heavy atom. The van der Waals surface area contributed by atoms with Gasteiger partial charge in [0, 0.05) is 11.3 Å². The number of rotatable bonds is 2. The molecule has 0 aliphatic heterocycles. The molecule has 17 heavy (non-hydrogen) atoms. The molecule has 0 bridgehead atoms. The molecule has 0 atom stereocenters. The van der Waals surface area contributed by atoms with Crippen LogP contribution in [0, 0.1) is 13.8 Å². The van der Waals surface area contributed by atoms with Crippen molar-refractivity contribution in [2.24, 2.45) is 0 Å². The Morgan fingerprint density at radius 1 is 1.41 bits per heavy atom. The number of amides is 1. The maximum Gasteiger partial charge on any atom is 0.301 e. The zero-order valence-corrected chi connectivity index (χ0v) is 9.65. The fourth-order valence-electron chi connectivity index (χ4n) is 1.48. The van der Waals surface area contributed by atoms with Crippen LogP contribution in [0.3, 0.4) is 0 Å². The van der Waals surface area contributed by atoms with Gasteiger partial charge in [-0.3, -0.25) is 10.1 Å². The van der Waals surface area contributed by atoms with E-state index in [1.165, 1.54) is 6.26 Å². The molecule has 1 amide bonds. The fourth-order valence-corrected chi connectivity index (χ4v) is 1.48. The van der Waals surface area contributed by atoms with Crippen LogP contribution < -0.4 is 11.1 Å². The predicted molar refractivity (Wildman–Crippen MR) is 64.8 cm³/mol. The Labute approximate surface area is 98.6 Å². The molecule has 0 spiro atoms. The van der Waals surface area contributed by atoms with E-state index in [9.17, 15) is 4.79 Å². The Hall–Kier alpha value is -2.30. The Morgan fingerprint density at radius 2 is 2.18 bits per heavy atom. The first-order valence-electron chi connectivity index (χ1n) is 5.16. The smallest absolute Gasteiger partial charge is 0.301 e. The summed E-state index contributed by atoms with van der Waals surface area (Å²) < 4.78 is 5.05. The lowest BCUT2D eigenvalue weighted by Crippen LogP contribution is -2.14. The zero-order chi connectivity index (χ0) is 12.4. The molecule has 0 aliphatic carbocycles. The minimum atomic E-state index is -0.281. The van der Waals surface area contributed by atoms with Gasteiger partial charge in [0.05, 0.1) is 5.69 Å². The zero-order valence-electron chi connectivity index (χ0n) is 9.65. The van der Waals surface area contributed by atoms with E-state index in [1.807, 2.05) is 0 Å². The van der Waals surface area contributed by atoms with Crippen molar-refractivity contribution in [3.8, 4) is 0 Å². The third-order valence-electron chi connectivity index (χ3n) is 2.46. The highest BCUT2D eigenvalue weighted by molar-refractivity contribution is 6.04. The van der Waals surface area contributed by atoms with Crippen molar-refractivity contribution in [2.75, 3.05) is 11.1 Å². The number of carbonyl (C=O) groups excluding carboxylic acids is 1. The highest BCUT2D eigenvalue weighted by atomic mass is 16.4. The molecule has 0 unspecified atom stereocenters. The number of anilines is 2. The molecule has 0 saturated heterocycles. The van der Waals surface area contributed by atoms with Gasteiger partial charge in [0.1, 0.15) is 6.26 Å². The summed E-state index contributed by atoms with van der Waals surface area (Å²) in [6.45, 7) is 3.58. The summed E-state index contributed by atoms with van der Waals surface area (Å²) in [5, 5.41) is 2.57. The van der Waals surface area contributed by atoms with Gasteiger partial charge in [0.25, 0.3) is 5.91 Å². The molecule has 0 radical (unpaired) electrons. The molecule has 2 aromatic rings. The number of aromatic nitrogens is 1. The van der Waals surface area contributed by atoms with Gasteiger partial charge in [-0.05, 0) is 31.5 Å². The SMILES string of the molecule is Cc1coc(NC(=O)c2cccc(N)c2C)n1. The van der Waals surface area contributed by atoms with E-state index in [-0.39, 0.29) is 11.9 Å². The molecular weight excluding hydrogens is 218 g/mol. The lowest BCUT2D eigenvalue weighted by molar-refractivity contribution is 0.102. The summed E-state index contributed by atoms with van der Waals surface area (Å²) >= 11 is 0. The second-order valence-corrected chi connectivity index (χ2v) is 3.77. The molecule has 2 rings (SSSR count). The van der Waals surface area contributed by atoms with Crippen LogP contribution in [0.1, 0.15) is 21.6 Å². The van der Waals surface area contributed by atoms with Crippen LogP contribution in [-0.2, 0) is 0 Å². The van der Waals surface area contributed by atoms with E-state index in [0.717, 1.165) is 5.56 Å². The number of aryl methyl sites for hydroxylation is 1. The second kappa shape index (κ2) is 4.29. The number of hydrogen-bond acceptors (Lipinski definition) is 4. The minimum absolute atomic E-state index is 0.189. The summed E-state index contributed by atoms with van der Waals surface area (Å²) in [6, 6.07) is 5.38. The van der Waals surface area contributed by atoms with Gasteiger partial charge < -0.3 is 10.2 Å². The maximum atomic E-state index is 11.9. The van der Waals surface area contributed by atoms with Crippen LogP contribution in [-0.4, -0.2) is 10.9 Å². The summed E-state index contributed by atoms with van der Waals surface area (Å²) in [4.78, 5) is 15.9. The lowest BCUT2D eigenvalue weighted by Gasteiger charge is -2.06. The van der Waals surface area contributed by atoms with Gasteiger partial charge in [-0.1, -0.05) is 6.07 Å². The summed E-state index contributed by atoms with van der Waals surface area (Å²) in [6.07, 6.45) is 1.47. The number of nitrogen functional groups attached to an aromatic ring is 1. The number of carbonyl (C=O) groups is 1. The third-order valence-corrected chi connectivity index (χ3v) is 2.46. The average molecular weight is 231 g/mol. The molecule has 0 fully saturated rings. The van der Waals surface area contributed by atoms with E-state index in [4.69, 9.17) is 10.2 Å². The van der Waals surface area contributed by atoms with Crippen LogP contribution in [0.15, 0.2) is 28.9 Å². The highest BCUT2D eigenvalue weighted by Gasteiger charge is 2.12. The topological polar surface area (TPSA) is 81.2 Å². The van der Waals surface area contributed by atoms with Gasteiger partial charge >= 0.3 is 6.01 Å². The van der Waals surface area contributed by atoms with Gasteiger partial charge in [-0.2, -0.15) is 4.98 Å². The van der Waals surface area contributed by atoms with Crippen molar-refractivity contribution in [1.29, 1.82) is 0 Å². The number of hydrogen-bond donors (Lipinski definition) is 2. The highest BCUT2D eigenvalue weighted by Crippen LogP contribution is 2.17. The van der Waals surface area contributed by atoms with E-state index in [2.05, 4.69) is 10.3 Å². The van der Waals surface area contributed by atoms with Crippen molar-refractivity contribution in [2.45, 2.75) is 13.8 Å². The summed E-state index contributed by atoms with van der Waals surface area (Å²) in [5.74, 6) is -0.281. The van der Waals surface area contributed by atoms with Gasteiger partial charge in [-0.15, -0.1) is 0 Å². The average Bonchev–Trinajstić information content (AvgIpc) is 2.68. The van der Waals surface area contributed by atoms with E-state index >= 15 is 0 Å². The predicted octanol–water partition coefficient (Wildman–Crippen LogP) is 2.13. The lowest BCUT2D eigenvalue weighted by atomic mass is 10.1. The van der Waals surface area contributed by atoms with E-state index in [1.54, 1.807) is 32.0 Å². The van der Waals surface area contributed by atoms with Crippen molar-refractivity contribution in [3.05, 3.63) is 41.3 Å². The number of oxazole rings is 1. The van der Waals surface area contributed by atoms with Crippen LogP contribution in [0.2, 0.25) is 0 Å². The van der Waals surface area contributed by atoms with Crippen molar-refractivity contribution < 1.29 is 9.21 Å². The van der Waals surface area contributed by atoms with Crippen molar-refractivity contribution in [3.63, 3.8) is 0 Å². The molecule has 88 valence electrons. The first-order chi connectivity index (χ1) is 8.08. The quantitative estimate of drug-likeness (QED) is 0.776. The van der Waals surface area contributed by atoms with Gasteiger partial charge in [-0.25, -0.2) is 0 Å². The Balaban J connectivity index is 2.23. The third kappa shape index (κ3) is 2.28. The minimum Gasteiger partial charge on any atom is -0.432 e. The summed E-state index contributed by atoms with van der Waals surface area (Å²) in [5.41, 5.74) is 8.29. The van der Waals surface area contributed by atoms with Crippen LogP contribution >= 0.6 is 0 Å². The van der Waals surface area contributed by atoms with E-state index in [0.29, 0.717) is 16.9 Å². The molecule has 3 N–H and O–H groups in total. The Bertz CT molecular complexity index is 561. The molecule has 5 nitrogen and oxygen atoms in total. The van der Waals surface area contributed by atoms with Crippen molar-refractivity contribution in [1.82, 2.24) is 4.98 Å². The van der Waals surface area contributed by atoms with Crippen LogP contribution in [0.5, 0.6) is 0 Å². The summed E-state index contributed by atoms with van der Waals surface area (Å²) in [7, 11) is 0. The van der Waals surface area contributed by atoms with Gasteiger partial charge in [0.15, 0.2) is 0 Å². The molecule has 1 heterocycles. The second-order valence-electron chi connectivity index (χ2n) is 3.77. The largest absolute Gasteiger partial charge is 0.432 e. The first kappa shape index (κ1) is 11.2. The normalized spacial score (nSPS) is 10.2. The maximum absolute atomic E-state index is 11.9. The number of nitrogens with one attached hydrogen (secondary N) is 1. The van der Waals surface area contributed by atoms with Gasteiger partial charge in [0.2, 0.25) is 0 Å². The molecular formula is C12H13N3O2. The van der Waals surface area contributed by atoms with Crippen LogP contribution in [0.4, 0.5) is 11.7 Å². The number of benzene rings is 1. The molecule has 5 heteroatoms. The molecule has 0 aliphatic rings. The Kier molecular flexibility index (Phi) is 2.82. The number of nitrogens with zero attached hydrogens (tertiary/aromatic N) is 1. The molecule has 1 aromatic carbocycles. The first-order valence-corrected chi connectivity index (χ1v) is 5.16.